The maximum Gasteiger partial charge on any atom is 0.433 e. The minimum atomic E-state index is -0.613. The molecule has 0 fully saturated rings. The molecule has 0 aliphatic heterocycles. The second kappa shape index (κ2) is 4.50. The highest BCUT2D eigenvalue weighted by atomic mass is 16.6. The first-order chi connectivity index (χ1) is 9.65. The van der Waals surface area contributed by atoms with Gasteiger partial charge in [-0.1, -0.05) is 12.1 Å². The third-order valence-corrected chi connectivity index (χ3v) is 2.65. The van der Waals surface area contributed by atoms with Crippen LogP contribution in [0.2, 0.25) is 0 Å². The lowest BCUT2D eigenvalue weighted by Crippen LogP contribution is -1.97. The molecule has 3 aromatic rings. The van der Waals surface area contributed by atoms with Crippen molar-refractivity contribution in [3.8, 4) is 0 Å². The van der Waals surface area contributed by atoms with Gasteiger partial charge in [-0.15, -0.1) is 0 Å². The molecule has 100 valence electrons. The fraction of sp³-hybridized carbons (Fsp3) is 0. The number of benzene rings is 1. The fourth-order valence-electron chi connectivity index (χ4n) is 1.78. The van der Waals surface area contributed by atoms with E-state index in [0.29, 0.717) is 5.52 Å². The van der Waals surface area contributed by atoms with Crippen molar-refractivity contribution >= 4 is 29.1 Å². The standard InChI is InChI=1S/C12H9N5O3/c13-12-15-9-3-1-2-4-10(9)16(12)14-7-8-5-6-11(20-8)17(18)19/h1-7H,(H2,13,15)/b14-7+. The summed E-state index contributed by atoms with van der Waals surface area (Å²) in [5, 5.41) is 14.6. The van der Waals surface area contributed by atoms with E-state index in [1.807, 2.05) is 24.3 Å². The van der Waals surface area contributed by atoms with Crippen LogP contribution in [0.4, 0.5) is 11.8 Å². The minimum absolute atomic E-state index is 0.225. The summed E-state index contributed by atoms with van der Waals surface area (Å²) in [7, 11) is 0. The second-order valence-corrected chi connectivity index (χ2v) is 3.95. The monoisotopic (exact) mass is 271 g/mol. The largest absolute Gasteiger partial charge is 0.433 e. The summed E-state index contributed by atoms with van der Waals surface area (Å²) in [5.74, 6) is 0.146. The quantitative estimate of drug-likeness (QED) is 0.444. The molecule has 1 aromatic carbocycles. The number of para-hydroxylation sites is 2. The van der Waals surface area contributed by atoms with E-state index in [2.05, 4.69) is 10.1 Å². The Balaban J connectivity index is 1.97. The van der Waals surface area contributed by atoms with Gasteiger partial charge in [0.2, 0.25) is 5.95 Å². The van der Waals surface area contributed by atoms with Gasteiger partial charge in [-0.25, -0.2) is 4.98 Å². The summed E-state index contributed by atoms with van der Waals surface area (Å²) >= 11 is 0. The molecule has 8 heteroatoms. The first kappa shape index (κ1) is 11.9. The van der Waals surface area contributed by atoms with Crippen molar-refractivity contribution in [2.45, 2.75) is 0 Å². The van der Waals surface area contributed by atoms with Gasteiger partial charge in [0.25, 0.3) is 0 Å². The number of anilines is 1. The molecule has 0 aliphatic rings. The predicted molar refractivity (Wildman–Crippen MR) is 72.5 cm³/mol. The van der Waals surface area contributed by atoms with Crippen LogP contribution >= 0.6 is 0 Å². The van der Waals surface area contributed by atoms with Crippen LogP contribution in [-0.2, 0) is 0 Å². The maximum absolute atomic E-state index is 10.5. The number of imidazole rings is 1. The molecular weight excluding hydrogens is 262 g/mol. The molecule has 2 aromatic heterocycles. The zero-order chi connectivity index (χ0) is 14.1. The van der Waals surface area contributed by atoms with Crippen LogP contribution in [0.15, 0.2) is 45.9 Å². The normalized spacial score (nSPS) is 11.4. The number of hydrogen-bond acceptors (Lipinski definition) is 6. The van der Waals surface area contributed by atoms with Crippen molar-refractivity contribution in [2.75, 3.05) is 5.73 Å². The van der Waals surface area contributed by atoms with Gasteiger partial charge < -0.3 is 10.2 Å². The Kier molecular flexibility index (Phi) is 2.68. The van der Waals surface area contributed by atoms with Crippen molar-refractivity contribution in [3.05, 3.63) is 52.3 Å². The van der Waals surface area contributed by atoms with Gasteiger partial charge >= 0.3 is 5.88 Å². The molecule has 0 radical (unpaired) electrons. The molecule has 8 nitrogen and oxygen atoms in total. The number of rotatable bonds is 3. The Morgan fingerprint density at radius 1 is 1.35 bits per heavy atom. The Labute approximate surface area is 112 Å². The molecule has 0 saturated carbocycles. The number of hydrogen-bond donors (Lipinski definition) is 1. The number of aromatic nitrogens is 2. The van der Waals surface area contributed by atoms with Crippen LogP contribution in [0, 0.1) is 10.1 Å². The number of nitrogens with zero attached hydrogens (tertiary/aromatic N) is 4. The molecule has 0 spiro atoms. The first-order valence-corrected chi connectivity index (χ1v) is 5.67. The average Bonchev–Trinajstić information content (AvgIpc) is 3.00. The Morgan fingerprint density at radius 3 is 2.90 bits per heavy atom. The summed E-state index contributed by atoms with van der Waals surface area (Å²) in [5.41, 5.74) is 7.22. The van der Waals surface area contributed by atoms with Gasteiger partial charge in [0.05, 0.1) is 23.3 Å². The second-order valence-electron chi connectivity index (χ2n) is 3.95. The third kappa shape index (κ3) is 1.99. The Hall–Kier alpha value is -3.16. The molecule has 0 atom stereocenters. The zero-order valence-electron chi connectivity index (χ0n) is 10.1. The van der Waals surface area contributed by atoms with E-state index < -0.39 is 4.92 Å². The zero-order valence-corrected chi connectivity index (χ0v) is 10.1. The number of fused-ring (bicyclic) bond motifs is 1. The molecule has 0 amide bonds. The first-order valence-electron chi connectivity index (χ1n) is 5.67. The Morgan fingerprint density at radius 2 is 2.15 bits per heavy atom. The molecule has 2 N–H and O–H groups in total. The van der Waals surface area contributed by atoms with Crippen molar-refractivity contribution < 1.29 is 9.34 Å². The molecule has 0 aliphatic carbocycles. The molecule has 20 heavy (non-hydrogen) atoms. The molecule has 0 saturated heterocycles. The molecule has 2 heterocycles. The van der Waals surface area contributed by atoms with E-state index >= 15 is 0 Å². The number of nitro groups is 1. The van der Waals surface area contributed by atoms with Gasteiger partial charge in [0.1, 0.15) is 4.92 Å². The van der Waals surface area contributed by atoms with E-state index in [1.165, 1.54) is 23.0 Å². The minimum Gasteiger partial charge on any atom is -0.400 e. The van der Waals surface area contributed by atoms with E-state index in [1.54, 1.807) is 0 Å². The van der Waals surface area contributed by atoms with Gasteiger partial charge in [-0.3, -0.25) is 10.1 Å². The van der Waals surface area contributed by atoms with Gasteiger partial charge in [0, 0.05) is 0 Å². The Bertz CT molecular complexity index is 817. The van der Waals surface area contributed by atoms with Crippen LogP contribution < -0.4 is 5.73 Å². The smallest absolute Gasteiger partial charge is 0.400 e. The summed E-state index contributed by atoms with van der Waals surface area (Å²) in [6.45, 7) is 0. The summed E-state index contributed by atoms with van der Waals surface area (Å²) in [4.78, 5) is 14.0. The summed E-state index contributed by atoms with van der Waals surface area (Å²) < 4.78 is 6.41. The topological polar surface area (TPSA) is 112 Å². The fourth-order valence-corrected chi connectivity index (χ4v) is 1.78. The van der Waals surface area contributed by atoms with Crippen LogP contribution in [0.25, 0.3) is 11.0 Å². The predicted octanol–water partition coefficient (Wildman–Crippen LogP) is 2.00. The van der Waals surface area contributed by atoms with Crippen molar-refractivity contribution in [2.24, 2.45) is 5.10 Å². The van der Waals surface area contributed by atoms with E-state index in [9.17, 15) is 10.1 Å². The molecular formula is C12H9N5O3. The highest BCUT2D eigenvalue weighted by Crippen LogP contribution is 2.18. The maximum atomic E-state index is 10.5. The van der Waals surface area contributed by atoms with Crippen molar-refractivity contribution in [3.63, 3.8) is 0 Å². The molecule has 0 unspecified atom stereocenters. The van der Waals surface area contributed by atoms with Gasteiger partial charge in [-0.05, 0) is 18.2 Å². The van der Waals surface area contributed by atoms with Crippen LogP contribution in [0.3, 0.4) is 0 Å². The van der Waals surface area contributed by atoms with Crippen molar-refractivity contribution in [1.29, 1.82) is 0 Å². The highest BCUT2D eigenvalue weighted by Gasteiger charge is 2.11. The molecule has 3 rings (SSSR count). The van der Waals surface area contributed by atoms with Crippen LogP contribution in [0.5, 0.6) is 0 Å². The number of nitrogen functional groups attached to an aromatic ring is 1. The van der Waals surface area contributed by atoms with Gasteiger partial charge in [-0.2, -0.15) is 9.78 Å². The van der Waals surface area contributed by atoms with Crippen LogP contribution in [0.1, 0.15) is 5.76 Å². The van der Waals surface area contributed by atoms with Gasteiger partial charge in [0.15, 0.2) is 5.76 Å². The number of furan rings is 1. The SMILES string of the molecule is Nc1nc2ccccc2n1/N=C/c1ccc([N+](=O)[O-])o1. The molecule has 0 bridgehead atoms. The lowest BCUT2D eigenvalue weighted by atomic mass is 10.3. The number of nitrogens with two attached hydrogens (primary N) is 1. The van der Waals surface area contributed by atoms with E-state index in [-0.39, 0.29) is 17.6 Å². The average molecular weight is 271 g/mol. The summed E-state index contributed by atoms with van der Waals surface area (Å²) in [6, 6.07) is 10.0. The third-order valence-electron chi connectivity index (χ3n) is 2.65. The lowest BCUT2D eigenvalue weighted by molar-refractivity contribution is -0.402. The highest BCUT2D eigenvalue weighted by molar-refractivity contribution is 5.81. The van der Waals surface area contributed by atoms with E-state index in [0.717, 1.165) is 5.52 Å². The lowest BCUT2D eigenvalue weighted by Gasteiger charge is -1.96. The summed E-state index contributed by atoms with van der Waals surface area (Å²) in [6.07, 6.45) is 1.34. The van der Waals surface area contributed by atoms with Crippen molar-refractivity contribution in [1.82, 2.24) is 9.66 Å². The van der Waals surface area contributed by atoms with Crippen LogP contribution in [-0.4, -0.2) is 20.8 Å². The van der Waals surface area contributed by atoms with E-state index in [4.69, 9.17) is 10.2 Å².